The molecule has 138 valence electrons. The van der Waals surface area contributed by atoms with Crippen LogP contribution >= 0.6 is 0 Å². The lowest BCUT2D eigenvalue weighted by Gasteiger charge is -2.08. The molecule has 4 heteroatoms. The van der Waals surface area contributed by atoms with E-state index in [4.69, 9.17) is 4.74 Å². The third-order valence-electron chi connectivity index (χ3n) is 4.68. The second-order valence-corrected chi connectivity index (χ2v) is 6.88. The van der Waals surface area contributed by atoms with Crippen LogP contribution in [0.5, 0.6) is 5.75 Å². The molecule has 0 aliphatic heterocycles. The number of H-pyrrole nitrogens is 1. The molecule has 0 unspecified atom stereocenters. The molecule has 2 aromatic carbocycles. The topological polar surface area (TPSA) is 37.9 Å². The zero-order valence-electron chi connectivity index (χ0n) is 15.6. The monoisotopic (exact) mass is 354 g/mol. The zero-order valence-corrected chi connectivity index (χ0v) is 15.6. The number of nitrogens with zero attached hydrogens (tertiary/aromatic N) is 1. The second kappa shape index (κ2) is 8.84. The maximum atomic E-state index is 14.6. The summed E-state index contributed by atoms with van der Waals surface area (Å²) in [6.45, 7) is 4.88. The summed E-state index contributed by atoms with van der Waals surface area (Å²) < 4.78 is 20.3. The summed E-state index contributed by atoms with van der Waals surface area (Å²) in [5.41, 5.74) is 3.20. The quantitative estimate of drug-likeness (QED) is 0.450. The Hall–Kier alpha value is -2.36. The molecule has 26 heavy (non-hydrogen) atoms. The molecule has 0 fully saturated rings. The van der Waals surface area contributed by atoms with Crippen molar-refractivity contribution in [2.45, 2.75) is 52.4 Å². The van der Waals surface area contributed by atoms with E-state index in [-0.39, 0.29) is 5.82 Å². The fourth-order valence-electron chi connectivity index (χ4n) is 3.19. The summed E-state index contributed by atoms with van der Waals surface area (Å²) in [5, 5.41) is 8.21. The highest BCUT2D eigenvalue weighted by molar-refractivity contribution is 5.93. The molecule has 3 aromatic rings. The number of benzene rings is 2. The van der Waals surface area contributed by atoms with Crippen molar-refractivity contribution in [2.75, 3.05) is 6.61 Å². The molecule has 0 saturated carbocycles. The van der Waals surface area contributed by atoms with Crippen LogP contribution in [-0.2, 0) is 0 Å². The lowest BCUT2D eigenvalue weighted by atomic mass is 10.1. The highest BCUT2D eigenvalue weighted by atomic mass is 19.1. The van der Waals surface area contributed by atoms with E-state index >= 15 is 0 Å². The average molecular weight is 354 g/mol. The number of hydrogen-bond acceptors (Lipinski definition) is 2. The number of aromatic nitrogens is 2. The molecule has 0 amide bonds. The van der Waals surface area contributed by atoms with Crippen molar-refractivity contribution in [1.82, 2.24) is 10.2 Å². The van der Waals surface area contributed by atoms with Crippen molar-refractivity contribution in [1.29, 1.82) is 0 Å². The second-order valence-electron chi connectivity index (χ2n) is 6.88. The van der Waals surface area contributed by atoms with Crippen LogP contribution in [-0.4, -0.2) is 16.8 Å². The van der Waals surface area contributed by atoms with Crippen LogP contribution in [0.2, 0.25) is 0 Å². The summed E-state index contributed by atoms with van der Waals surface area (Å²) in [6.07, 6.45) is 7.27. The predicted molar refractivity (Wildman–Crippen MR) is 105 cm³/mol. The van der Waals surface area contributed by atoms with E-state index in [0.717, 1.165) is 22.9 Å². The molecule has 3 nitrogen and oxygen atoms in total. The molecular weight excluding hydrogens is 327 g/mol. The van der Waals surface area contributed by atoms with Crippen molar-refractivity contribution < 1.29 is 9.13 Å². The van der Waals surface area contributed by atoms with Gasteiger partial charge < -0.3 is 4.74 Å². The summed E-state index contributed by atoms with van der Waals surface area (Å²) in [4.78, 5) is 0. The van der Waals surface area contributed by atoms with Crippen LogP contribution in [0.4, 0.5) is 4.39 Å². The molecule has 3 rings (SSSR count). The number of fused-ring (bicyclic) bond motifs is 1. The maximum absolute atomic E-state index is 14.6. The third kappa shape index (κ3) is 4.43. The molecule has 1 aromatic heterocycles. The van der Waals surface area contributed by atoms with Gasteiger partial charge in [-0.1, -0.05) is 51.2 Å². The van der Waals surface area contributed by atoms with Crippen LogP contribution in [0.1, 0.15) is 51.0 Å². The van der Waals surface area contributed by atoms with E-state index in [1.54, 1.807) is 6.07 Å². The molecule has 0 aliphatic rings. The Bertz CT molecular complexity index is 856. The fourth-order valence-corrected chi connectivity index (χ4v) is 3.19. The number of aryl methyl sites for hydroxylation is 1. The smallest absolute Gasteiger partial charge is 0.136 e. The van der Waals surface area contributed by atoms with E-state index in [0.29, 0.717) is 23.6 Å². The Morgan fingerprint density at radius 2 is 1.81 bits per heavy atom. The first-order chi connectivity index (χ1) is 12.7. The molecule has 0 saturated heterocycles. The summed E-state index contributed by atoms with van der Waals surface area (Å²) in [6, 6.07) is 11.0. The Labute approximate surface area is 154 Å². The van der Waals surface area contributed by atoms with Gasteiger partial charge in [-0.25, -0.2) is 4.39 Å². The molecule has 0 aliphatic carbocycles. The number of rotatable bonds is 9. The Morgan fingerprint density at radius 3 is 2.62 bits per heavy atom. The maximum Gasteiger partial charge on any atom is 0.136 e. The Morgan fingerprint density at radius 1 is 1.00 bits per heavy atom. The van der Waals surface area contributed by atoms with E-state index in [1.165, 1.54) is 38.2 Å². The number of ether oxygens (including phenoxy) is 1. The molecule has 0 atom stereocenters. The number of unbranched alkanes of at least 4 members (excludes halogenated alkanes) is 5. The van der Waals surface area contributed by atoms with Gasteiger partial charge in [-0.05, 0) is 37.1 Å². The van der Waals surface area contributed by atoms with Crippen LogP contribution in [0.25, 0.3) is 22.2 Å². The SMILES string of the molecule is CCCCCCCCOc1ccc(-c2n[nH]c3cc(C)ccc23)c(F)c1. The summed E-state index contributed by atoms with van der Waals surface area (Å²) in [5.74, 6) is 0.273. The van der Waals surface area contributed by atoms with E-state index in [9.17, 15) is 4.39 Å². The van der Waals surface area contributed by atoms with Crippen molar-refractivity contribution in [3.05, 3.63) is 47.8 Å². The minimum absolute atomic E-state index is 0.306. The van der Waals surface area contributed by atoms with Gasteiger partial charge in [0, 0.05) is 17.0 Å². The molecule has 1 N–H and O–H groups in total. The Balaban J connectivity index is 1.62. The van der Waals surface area contributed by atoms with E-state index in [2.05, 4.69) is 17.1 Å². The fraction of sp³-hybridized carbons (Fsp3) is 0.409. The standard InChI is InChI=1S/C22H27FN2O/c1-3-4-5-6-7-8-13-26-17-10-12-18(20(23)15-17)22-19-11-9-16(2)14-21(19)24-25-22/h9-12,14-15H,3-8,13H2,1-2H3,(H,24,25). The largest absolute Gasteiger partial charge is 0.493 e. The highest BCUT2D eigenvalue weighted by Crippen LogP contribution is 2.30. The van der Waals surface area contributed by atoms with Gasteiger partial charge in [0.1, 0.15) is 17.3 Å². The third-order valence-corrected chi connectivity index (χ3v) is 4.68. The number of nitrogens with one attached hydrogen (secondary N) is 1. The van der Waals surface area contributed by atoms with Gasteiger partial charge in [0.05, 0.1) is 12.1 Å². The van der Waals surface area contributed by atoms with Crippen LogP contribution in [0.15, 0.2) is 36.4 Å². The number of aromatic amines is 1. The molecular formula is C22H27FN2O. The molecule has 0 spiro atoms. The van der Waals surface area contributed by atoms with Crippen LogP contribution < -0.4 is 4.74 Å². The molecule has 0 radical (unpaired) electrons. The van der Waals surface area contributed by atoms with Gasteiger partial charge in [-0.3, -0.25) is 5.10 Å². The minimum atomic E-state index is -0.306. The van der Waals surface area contributed by atoms with Crippen LogP contribution in [0, 0.1) is 12.7 Å². The van der Waals surface area contributed by atoms with Crippen molar-refractivity contribution in [2.24, 2.45) is 0 Å². The van der Waals surface area contributed by atoms with Crippen molar-refractivity contribution >= 4 is 10.9 Å². The number of hydrogen-bond donors (Lipinski definition) is 1. The van der Waals surface area contributed by atoms with Gasteiger partial charge in [-0.2, -0.15) is 5.10 Å². The first-order valence-electron chi connectivity index (χ1n) is 9.56. The number of halogens is 1. The van der Waals surface area contributed by atoms with Gasteiger partial charge in [0.2, 0.25) is 0 Å². The molecule has 1 heterocycles. The van der Waals surface area contributed by atoms with Gasteiger partial charge in [0.25, 0.3) is 0 Å². The van der Waals surface area contributed by atoms with Crippen molar-refractivity contribution in [3.63, 3.8) is 0 Å². The normalized spacial score (nSPS) is 11.2. The highest BCUT2D eigenvalue weighted by Gasteiger charge is 2.13. The Kier molecular flexibility index (Phi) is 6.26. The van der Waals surface area contributed by atoms with Gasteiger partial charge in [0.15, 0.2) is 0 Å². The van der Waals surface area contributed by atoms with E-state index < -0.39 is 0 Å². The minimum Gasteiger partial charge on any atom is -0.493 e. The van der Waals surface area contributed by atoms with Crippen LogP contribution in [0.3, 0.4) is 0 Å². The average Bonchev–Trinajstić information content (AvgIpc) is 3.04. The van der Waals surface area contributed by atoms with Gasteiger partial charge in [-0.15, -0.1) is 0 Å². The predicted octanol–water partition coefficient (Wildman–Crippen LogP) is 6.42. The first kappa shape index (κ1) is 18.4. The van der Waals surface area contributed by atoms with Gasteiger partial charge >= 0.3 is 0 Å². The van der Waals surface area contributed by atoms with E-state index in [1.807, 2.05) is 31.2 Å². The summed E-state index contributed by atoms with van der Waals surface area (Å²) in [7, 11) is 0. The lowest BCUT2D eigenvalue weighted by molar-refractivity contribution is 0.303. The lowest BCUT2D eigenvalue weighted by Crippen LogP contribution is -1.98. The first-order valence-corrected chi connectivity index (χ1v) is 9.56. The summed E-state index contributed by atoms with van der Waals surface area (Å²) >= 11 is 0. The molecule has 0 bridgehead atoms. The van der Waals surface area contributed by atoms with Crippen molar-refractivity contribution in [3.8, 4) is 17.0 Å². The zero-order chi connectivity index (χ0) is 18.4.